The monoisotopic (exact) mass is 315 g/mol. The van der Waals surface area contributed by atoms with Gasteiger partial charge in [-0.15, -0.1) is 24.8 Å². The number of fused-ring (bicyclic) bond motifs is 1. The van der Waals surface area contributed by atoms with Crippen LogP contribution >= 0.6 is 24.8 Å². The van der Waals surface area contributed by atoms with Crippen molar-refractivity contribution in [2.45, 2.75) is 13.0 Å². The maximum atomic E-state index is 11.5. The Morgan fingerprint density at radius 1 is 1.20 bits per heavy atom. The number of hydrogen-bond acceptors (Lipinski definition) is 3. The topological polar surface area (TPSA) is 54.0 Å². The predicted octanol–water partition coefficient (Wildman–Crippen LogP) is 2.30. The molecular weight excluding hydrogens is 297 g/mol. The molecule has 0 spiro atoms. The van der Waals surface area contributed by atoms with Gasteiger partial charge in [-0.25, -0.2) is 0 Å². The van der Waals surface area contributed by atoms with Crippen LogP contribution in [0.15, 0.2) is 36.5 Å². The highest BCUT2D eigenvalue weighted by molar-refractivity contribution is 5.85. The summed E-state index contributed by atoms with van der Waals surface area (Å²) in [5.41, 5.74) is 2.00. The average Bonchev–Trinajstić information content (AvgIpc) is 2.42. The van der Waals surface area contributed by atoms with Crippen LogP contribution in [0.2, 0.25) is 0 Å². The van der Waals surface area contributed by atoms with Crippen molar-refractivity contribution >= 4 is 41.6 Å². The Balaban J connectivity index is 0.00000180. The molecule has 0 aliphatic heterocycles. The fraction of sp³-hybridized carbons (Fsp3) is 0.286. The molecule has 0 fully saturated rings. The second-order valence-corrected chi connectivity index (χ2v) is 4.12. The molecule has 0 unspecified atom stereocenters. The molecule has 0 bridgehead atoms. The molecule has 1 aromatic heterocycles. The van der Waals surface area contributed by atoms with Crippen molar-refractivity contribution in [1.82, 2.24) is 15.6 Å². The summed E-state index contributed by atoms with van der Waals surface area (Å²) in [5, 5.41) is 6.96. The number of carbonyl (C=O) groups excluding carboxylic acids is 1. The van der Waals surface area contributed by atoms with Crippen LogP contribution in [0.1, 0.15) is 12.0 Å². The lowest BCUT2D eigenvalue weighted by atomic mass is 10.1. The summed E-state index contributed by atoms with van der Waals surface area (Å²) in [4.78, 5) is 15.9. The zero-order chi connectivity index (χ0) is 12.8. The van der Waals surface area contributed by atoms with E-state index in [9.17, 15) is 4.79 Å². The van der Waals surface area contributed by atoms with Gasteiger partial charge >= 0.3 is 0 Å². The van der Waals surface area contributed by atoms with Crippen molar-refractivity contribution in [3.05, 3.63) is 42.1 Å². The van der Waals surface area contributed by atoms with Gasteiger partial charge in [-0.3, -0.25) is 9.78 Å². The minimum absolute atomic E-state index is 0. The van der Waals surface area contributed by atoms with Crippen LogP contribution in [0.3, 0.4) is 0 Å². The van der Waals surface area contributed by atoms with E-state index in [0.29, 0.717) is 19.5 Å². The minimum atomic E-state index is 0. The molecule has 0 radical (unpaired) electrons. The number of carbonyl (C=O) groups is 1. The molecule has 20 heavy (non-hydrogen) atoms. The number of nitrogens with zero attached hydrogens (tertiary/aromatic N) is 1. The largest absolute Gasteiger partial charge is 0.352 e. The molecule has 4 nitrogen and oxygen atoms in total. The highest BCUT2D eigenvalue weighted by Crippen LogP contribution is 2.15. The quantitative estimate of drug-likeness (QED) is 0.890. The van der Waals surface area contributed by atoms with Gasteiger partial charge < -0.3 is 10.6 Å². The second-order valence-electron chi connectivity index (χ2n) is 4.12. The third-order valence-corrected chi connectivity index (χ3v) is 2.79. The molecule has 2 N–H and O–H groups in total. The van der Waals surface area contributed by atoms with E-state index in [-0.39, 0.29) is 30.7 Å². The van der Waals surface area contributed by atoms with E-state index < -0.39 is 0 Å². The van der Waals surface area contributed by atoms with Crippen LogP contribution in [-0.4, -0.2) is 24.5 Å². The van der Waals surface area contributed by atoms with Gasteiger partial charge in [0.1, 0.15) is 0 Å². The molecular formula is C14H19Cl2N3O. The van der Waals surface area contributed by atoms with Gasteiger partial charge in [-0.2, -0.15) is 0 Å². The first-order chi connectivity index (χ1) is 8.81. The van der Waals surface area contributed by atoms with Gasteiger partial charge in [0, 0.05) is 31.1 Å². The molecule has 0 aliphatic rings. The third-order valence-electron chi connectivity index (χ3n) is 2.79. The highest BCUT2D eigenvalue weighted by Gasteiger charge is 2.04. The van der Waals surface area contributed by atoms with Crippen molar-refractivity contribution in [3.63, 3.8) is 0 Å². The summed E-state index contributed by atoms with van der Waals surface area (Å²) in [6, 6.07) is 9.94. The molecule has 1 amide bonds. The number of rotatable bonds is 5. The highest BCUT2D eigenvalue weighted by atomic mass is 35.5. The standard InChI is InChI=1S/C14H17N3O.2ClH/c1-15-9-7-13(18)17-10-12-5-2-4-11-6-3-8-16-14(11)12;;/h2-6,8,15H,7,9-10H2,1H3,(H,17,18);2*1H. The Hall–Kier alpha value is -1.36. The number of halogens is 2. The lowest BCUT2D eigenvalue weighted by Crippen LogP contribution is -2.26. The Morgan fingerprint density at radius 2 is 1.95 bits per heavy atom. The molecule has 6 heteroatoms. The lowest BCUT2D eigenvalue weighted by molar-refractivity contribution is -0.121. The summed E-state index contributed by atoms with van der Waals surface area (Å²) >= 11 is 0. The number of benzene rings is 1. The summed E-state index contributed by atoms with van der Waals surface area (Å²) in [6.07, 6.45) is 2.27. The Morgan fingerprint density at radius 3 is 2.70 bits per heavy atom. The van der Waals surface area contributed by atoms with E-state index in [4.69, 9.17) is 0 Å². The Kier molecular flexibility index (Phi) is 8.88. The smallest absolute Gasteiger partial charge is 0.221 e. The van der Waals surface area contributed by atoms with E-state index in [2.05, 4.69) is 15.6 Å². The van der Waals surface area contributed by atoms with Crippen LogP contribution < -0.4 is 10.6 Å². The number of nitrogens with one attached hydrogen (secondary N) is 2. The van der Waals surface area contributed by atoms with Crippen LogP contribution in [-0.2, 0) is 11.3 Å². The molecule has 1 heterocycles. The SMILES string of the molecule is CNCCC(=O)NCc1cccc2cccnc12.Cl.Cl. The number of aromatic nitrogens is 1. The lowest BCUT2D eigenvalue weighted by Gasteiger charge is -2.07. The van der Waals surface area contributed by atoms with E-state index in [1.165, 1.54) is 0 Å². The zero-order valence-electron chi connectivity index (χ0n) is 11.3. The second kappa shape index (κ2) is 9.53. The van der Waals surface area contributed by atoms with Gasteiger partial charge in [-0.05, 0) is 18.7 Å². The number of amides is 1. The van der Waals surface area contributed by atoms with Gasteiger partial charge in [-0.1, -0.05) is 24.3 Å². The van der Waals surface area contributed by atoms with Crippen LogP contribution in [0, 0.1) is 0 Å². The van der Waals surface area contributed by atoms with Crippen LogP contribution in [0.5, 0.6) is 0 Å². The first-order valence-electron chi connectivity index (χ1n) is 6.05. The number of para-hydroxylation sites is 1. The van der Waals surface area contributed by atoms with Gasteiger partial charge in [0.15, 0.2) is 0 Å². The van der Waals surface area contributed by atoms with E-state index >= 15 is 0 Å². The first-order valence-corrected chi connectivity index (χ1v) is 6.05. The van der Waals surface area contributed by atoms with E-state index in [0.717, 1.165) is 16.5 Å². The van der Waals surface area contributed by atoms with Gasteiger partial charge in [0.25, 0.3) is 0 Å². The zero-order valence-corrected chi connectivity index (χ0v) is 12.9. The molecule has 0 aliphatic carbocycles. The fourth-order valence-corrected chi connectivity index (χ4v) is 1.83. The predicted molar refractivity (Wildman–Crippen MR) is 86.6 cm³/mol. The third kappa shape index (κ3) is 4.96. The average molecular weight is 316 g/mol. The molecule has 2 rings (SSSR count). The Labute approximate surface area is 131 Å². The summed E-state index contributed by atoms with van der Waals surface area (Å²) < 4.78 is 0. The van der Waals surface area contributed by atoms with E-state index in [1.54, 1.807) is 6.20 Å². The van der Waals surface area contributed by atoms with Gasteiger partial charge in [0.05, 0.1) is 5.52 Å². The normalized spacial score (nSPS) is 9.45. The molecule has 0 saturated heterocycles. The summed E-state index contributed by atoms with van der Waals surface area (Å²) in [7, 11) is 1.84. The molecule has 0 atom stereocenters. The minimum Gasteiger partial charge on any atom is -0.352 e. The van der Waals surface area contributed by atoms with Crippen molar-refractivity contribution in [3.8, 4) is 0 Å². The molecule has 0 saturated carbocycles. The van der Waals surface area contributed by atoms with Crippen LogP contribution in [0.4, 0.5) is 0 Å². The number of hydrogen-bond donors (Lipinski definition) is 2. The van der Waals surface area contributed by atoms with Crippen molar-refractivity contribution in [1.29, 1.82) is 0 Å². The van der Waals surface area contributed by atoms with E-state index in [1.807, 2.05) is 37.4 Å². The van der Waals surface area contributed by atoms with Crippen LogP contribution in [0.25, 0.3) is 10.9 Å². The summed E-state index contributed by atoms with van der Waals surface area (Å²) in [5.74, 6) is 0.0530. The maximum absolute atomic E-state index is 11.5. The molecule has 2 aromatic rings. The van der Waals surface area contributed by atoms with Crippen molar-refractivity contribution in [2.75, 3.05) is 13.6 Å². The number of pyridine rings is 1. The first kappa shape index (κ1) is 18.6. The maximum Gasteiger partial charge on any atom is 0.221 e. The van der Waals surface area contributed by atoms with Gasteiger partial charge in [0.2, 0.25) is 5.91 Å². The Bertz CT molecular complexity index is 543. The van der Waals surface area contributed by atoms with Crippen molar-refractivity contribution in [2.24, 2.45) is 0 Å². The summed E-state index contributed by atoms with van der Waals surface area (Å²) in [6.45, 7) is 1.22. The molecule has 110 valence electrons. The molecule has 1 aromatic carbocycles. The fourth-order valence-electron chi connectivity index (χ4n) is 1.83. The van der Waals surface area contributed by atoms with Crippen molar-refractivity contribution < 1.29 is 4.79 Å².